The summed E-state index contributed by atoms with van der Waals surface area (Å²) in [4.78, 5) is 34.7. The lowest BCUT2D eigenvalue weighted by atomic mass is 9.95. The zero-order valence-electron chi connectivity index (χ0n) is 28.6. The molecule has 2 aromatic heterocycles. The molecule has 266 valence electrons. The van der Waals surface area contributed by atoms with Gasteiger partial charge >= 0.3 is 6.01 Å². The number of benzene rings is 2. The summed E-state index contributed by atoms with van der Waals surface area (Å²) in [6, 6.07) is 11.2. The van der Waals surface area contributed by atoms with Gasteiger partial charge in [0.1, 0.15) is 29.8 Å². The van der Waals surface area contributed by atoms with Crippen LogP contribution in [0.15, 0.2) is 42.6 Å². The summed E-state index contributed by atoms with van der Waals surface area (Å²) in [5.74, 6) is 5.63. The van der Waals surface area contributed by atoms with Gasteiger partial charge < -0.3 is 19.3 Å². The topological polar surface area (TPSA) is 87.2 Å². The predicted molar refractivity (Wildman–Crippen MR) is 192 cm³/mol. The molecule has 0 aliphatic carbocycles. The summed E-state index contributed by atoms with van der Waals surface area (Å²) in [6.07, 6.45) is 2.89. The van der Waals surface area contributed by atoms with Crippen LogP contribution in [-0.2, 0) is 9.53 Å². The third-order valence-corrected chi connectivity index (χ3v) is 11.0. The van der Waals surface area contributed by atoms with E-state index in [2.05, 4.69) is 31.6 Å². The molecule has 0 saturated carbocycles. The second kappa shape index (κ2) is 14.1. The second-order valence-corrected chi connectivity index (χ2v) is 14.6. The highest BCUT2D eigenvalue weighted by molar-refractivity contribution is 6.36. The van der Waals surface area contributed by atoms with Crippen molar-refractivity contribution in [2.75, 3.05) is 84.1 Å². The van der Waals surface area contributed by atoms with Gasteiger partial charge in [-0.15, -0.1) is 0 Å². The Kier molecular flexibility index (Phi) is 9.40. The maximum atomic E-state index is 16.8. The summed E-state index contributed by atoms with van der Waals surface area (Å²) in [5.41, 5.74) is 0.339. The molecule has 4 aliphatic rings. The van der Waals surface area contributed by atoms with Crippen molar-refractivity contribution in [3.05, 3.63) is 53.4 Å². The number of pyridine rings is 1. The summed E-state index contributed by atoms with van der Waals surface area (Å²) < 4.78 is 42.9. The predicted octanol–water partition coefficient (Wildman–Crippen LogP) is 4.82. The number of hydrogen-bond acceptors (Lipinski definition) is 9. The number of ether oxygens (including phenoxy) is 2. The van der Waals surface area contributed by atoms with E-state index in [-0.39, 0.29) is 35.7 Å². The van der Waals surface area contributed by atoms with E-state index in [1.165, 1.54) is 0 Å². The number of halogens is 3. The average Bonchev–Trinajstić information content (AvgIpc) is 3.64. The van der Waals surface area contributed by atoms with Gasteiger partial charge in [0.2, 0.25) is 0 Å². The van der Waals surface area contributed by atoms with Gasteiger partial charge in [0.05, 0.1) is 30.7 Å². The van der Waals surface area contributed by atoms with Crippen LogP contribution >= 0.6 is 11.6 Å². The molecule has 2 atom stereocenters. The molecule has 0 N–H and O–H groups in total. The minimum atomic E-state index is -0.906. The molecule has 1 amide bonds. The van der Waals surface area contributed by atoms with Gasteiger partial charge in [-0.25, -0.2) is 8.78 Å². The molecule has 8 rings (SSSR count). The van der Waals surface area contributed by atoms with Gasteiger partial charge in [-0.05, 0) is 36.8 Å². The van der Waals surface area contributed by atoms with Crippen molar-refractivity contribution in [2.45, 2.75) is 31.0 Å². The first kappa shape index (κ1) is 34.0. The molecule has 13 heteroatoms. The Morgan fingerprint density at radius 1 is 1.14 bits per heavy atom. The molecule has 0 spiro atoms. The summed E-state index contributed by atoms with van der Waals surface area (Å²) in [5, 5.41) is 2.50. The summed E-state index contributed by atoms with van der Waals surface area (Å²) in [7, 11) is 1.89. The van der Waals surface area contributed by atoms with Crippen molar-refractivity contribution in [1.82, 2.24) is 29.7 Å². The van der Waals surface area contributed by atoms with Crippen molar-refractivity contribution >= 4 is 45.0 Å². The standard InChI is InChI=1S/C38H40ClF2N7O3/c1-45(20-25-21-47(22-25)31(49)10-4-12-46-14-16-50-17-15-46)36-29-19-42-34(28-8-2-6-26-7-3-9-30(39)32(26)28)33(41)35(29)43-37(44-36)51-24-38-11-5-13-48(38)23-27(40)18-38/h2-3,6-9,19,25,27H,5,11-18,20-24H2,1H3/t27-,38+/m1/s1. The minimum Gasteiger partial charge on any atom is -0.461 e. The lowest BCUT2D eigenvalue weighted by Crippen LogP contribution is -2.53. The van der Waals surface area contributed by atoms with Crippen LogP contribution in [0.25, 0.3) is 32.9 Å². The van der Waals surface area contributed by atoms with Crippen LogP contribution in [0.5, 0.6) is 6.01 Å². The van der Waals surface area contributed by atoms with Crippen LogP contribution in [0, 0.1) is 23.6 Å². The Morgan fingerprint density at radius 2 is 1.94 bits per heavy atom. The van der Waals surface area contributed by atoms with Gasteiger partial charge in [-0.3, -0.25) is 19.6 Å². The maximum absolute atomic E-state index is 16.8. The maximum Gasteiger partial charge on any atom is 0.319 e. The molecular formula is C38H40ClF2N7O3. The van der Waals surface area contributed by atoms with Crippen molar-refractivity contribution < 1.29 is 23.0 Å². The van der Waals surface area contributed by atoms with Crippen LogP contribution in [0.2, 0.25) is 5.02 Å². The van der Waals surface area contributed by atoms with Crippen molar-refractivity contribution in [2.24, 2.45) is 5.92 Å². The van der Waals surface area contributed by atoms with Crippen LogP contribution in [0.1, 0.15) is 19.3 Å². The zero-order valence-corrected chi connectivity index (χ0v) is 29.3. The normalized spacial score (nSPS) is 22.5. The summed E-state index contributed by atoms with van der Waals surface area (Å²) in [6.45, 7) is 6.68. The Labute approximate surface area is 300 Å². The summed E-state index contributed by atoms with van der Waals surface area (Å²) >= 11 is 6.62. The molecule has 4 saturated heterocycles. The number of aromatic nitrogens is 3. The molecule has 2 aromatic carbocycles. The number of anilines is 1. The number of amides is 1. The number of nitrogens with zero attached hydrogens (tertiary/aromatic N) is 7. The van der Waals surface area contributed by atoms with E-state index in [1.54, 1.807) is 23.2 Å². The van der Waals surface area contributed by atoms with E-state index in [0.717, 1.165) is 37.9 Å². The van der Waals surface area contributed by atoms with Crippen molar-refractivity contribution in [3.63, 3.8) is 0 Å². The number of alkyl halides is 1. The van der Waals surface area contributed by atoms with Crippen LogP contribution in [0.3, 0.4) is 0 Å². The van der Waals surface area contributed by atoms with Gasteiger partial charge in [0.15, 0.2) is 5.82 Å². The Morgan fingerprint density at radius 3 is 2.76 bits per heavy atom. The Hall–Kier alpha value is -4.15. The number of rotatable bonds is 8. The smallest absolute Gasteiger partial charge is 0.319 e. The second-order valence-electron chi connectivity index (χ2n) is 14.2. The molecule has 10 nitrogen and oxygen atoms in total. The molecule has 4 fully saturated rings. The van der Waals surface area contributed by atoms with E-state index in [9.17, 15) is 9.18 Å². The first-order valence-corrected chi connectivity index (χ1v) is 18.0. The van der Waals surface area contributed by atoms with Gasteiger partial charge in [-0.2, -0.15) is 9.97 Å². The number of fused-ring (bicyclic) bond motifs is 3. The van der Waals surface area contributed by atoms with E-state index in [4.69, 9.17) is 26.1 Å². The molecule has 6 heterocycles. The van der Waals surface area contributed by atoms with Gasteiger partial charge in [0, 0.05) is 80.8 Å². The molecule has 4 aliphatic heterocycles. The fourth-order valence-corrected chi connectivity index (χ4v) is 8.38. The number of carbonyl (C=O) groups excluding carboxylic acids is 1. The highest BCUT2D eigenvalue weighted by Gasteiger charge is 2.49. The van der Waals surface area contributed by atoms with E-state index in [1.807, 2.05) is 36.2 Å². The number of hydrogen-bond donors (Lipinski definition) is 0. The molecular weight excluding hydrogens is 676 g/mol. The van der Waals surface area contributed by atoms with Crippen LogP contribution in [-0.4, -0.2) is 126 Å². The Balaban J connectivity index is 1.06. The fraction of sp³-hybridized carbons (Fsp3) is 0.474. The van der Waals surface area contributed by atoms with Crippen LogP contribution < -0.4 is 9.64 Å². The molecule has 0 bridgehead atoms. The zero-order chi connectivity index (χ0) is 35.1. The molecule has 51 heavy (non-hydrogen) atoms. The quantitative estimate of drug-likeness (QED) is 0.239. The third-order valence-electron chi connectivity index (χ3n) is 10.7. The number of carbonyl (C=O) groups is 1. The van der Waals surface area contributed by atoms with E-state index in [0.29, 0.717) is 79.5 Å². The first-order valence-electron chi connectivity index (χ1n) is 17.6. The third kappa shape index (κ3) is 6.68. The SMILES string of the molecule is CN(CC1CN(C(=O)C#CCN2CCOCC2)C1)c1nc(OC[C@@]23CCCN2C[C@H](F)C3)nc2c(F)c(-c3cccc4cccc(Cl)c34)ncc12. The fourth-order valence-electron chi connectivity index (χ4n) is 8.10. The molecule has 0 unspecified atom stereocenters. The highest BCUT2D eigenvalue weighted by Crippen LogP contribution is 2.41. The average molecular weight is 716 g/mol. The number of likely N-dealkylation sites (tertiary alicyclic amines) is 1. The highest BCUT2D eigenvalue weighted by atomic mass is 35.5. The van der Waals surface area contributed by atoms with E-state index < -0.39 is 17.5 Å². The Bertz CT molecular complexity index is 2020. The lowest BCUT2D eigenvalue weighted by molar-refractivity contribution is -0.130. The van der Waals surface area contributed by atoms with E-state index >= 15 is 4.39 Å². The van der Waals surface area contributed by atoms with Crippen molar-refractivity contribution in [1.29, 1.82) is 0 Å². The van der Waals surface area contributed by atoms with Crippen molar-refractivity contribution in [3.8, 4) is 29.1 Å². The van der Waals surface area contributed by atoms with Crippen LogP contribution in [0.4, 0.5) is 14.6 Å². The lowest BCUT2D eigenvalue weighted by Gasteiger charge is -2.40. The molecule has 0 radical (unpaired) electrons. The van der Waals surface area contributed by atoms with Gasteiger partial charge in [0.25, 0.3) is 5.91 Å². The monoisotopic (exact) mass is 715 g/mol. The van der Waals surface area contributed by atoms with Gasteiger partial charge in [-0.1, -0.05) is 47.9 Å². The largest absolute Gasteiger partial charge is 0.461 e. The number of morpholine rings is 1. The molecule has 4 aromatic rings. The minimum absolute atomic E-state index is 0.0286. The first-order chi connectivity index (χ1) is 24.8.